The number of rotatable bonds is 6. The van der Waals surface area contributed by atoms with Gasteiger partial charge in [0.15, 0.2) is 0 Å². The van der Waals surface area contributed by atoms with Gasteiger partial charge in [0.05, 0.1) is 0 Å². The third-order valence-corrected chi connectivity index (χ3v) is 28.9. The van der Waals surface area contributed by atoms with Crippen molar-refractivity contribution in [2.24, 2.45) is 0 Å². The third-order valence-electron chi connectivity index (χ3n) is 9.13. The van der Waals surface area contributed by atoms with Crippen LogP contribution in [0.15, 0.2) is 136 Å². The van der Waals surface area contributed by atoms with Crippen LogP contribution in [0.3, 0.4) is 0 Å². The molecule has 0 saturated heterocycles. The summed E-state index contributed by atoms with van der Waals surface area (Å²) in [5.41, 5.74) is 10.0. The van der Waals surface area contributed by atoms with E-state index < -0.39 is 26.7 Å². The minimum absolute atomic E-state index is 0.156. The van der Waals surface area contributed by atoms with E-state index in [9.17, 15) is 0 Å². The molecule has 0 heterocycles. The second-order valence-electron chi connectivity index (χ2n) is 12.1. The predicted octanol–water partition coefficient (Wildman–Crippen LogP) is 10.5. The average Bonchev–Trinajstić information content (AvgIpc) is 3.62. The Balaban J connectivity index is 1.87. The fourth-order valence-electron chi connectivity index (χ4n) is 7.68. The van der Waals surface area contributed by atoms with Crippen molar-refractivity contribution >= 4 is 20.2 Å². The van der Waals surface area contributed by atoms with Crippen LogP contribution in [0.2, 0.25) is 0 Å². The summed E-state index contributed by atoms with van der Waals surface area (Å²) in [5.74, 6) is 0. The van der Waals surface area contributed by atoms with E-state index in [-0.39, 0.29) is 3.63 Å². The molecule has 6 rings (SSSR count). The van der Waals surface area contributed by atoms with Crippen LogP contribution >= 0.6 is 17.0 Å². The zero-order valence-corrected chi connectivity index (χ0v) is 27.4. The van der Waals surface area contributed by atoms with Crippen LogP contribution in [0.1, 0.15) is 53.6 Å². The van der Waals surface area contributed by atoms with Crippen molar-refractivity contribution < 1.29 is 15.9 Å². The third kappa shape index (κ3) is 4.01. The predicted molar refractivity (Wildman–Crippen MR) is 170 cm³/mol. The van der Waals surface area contributed by atoms with Crippen molar-refractivity contribution in [3.05, 3.63) is 159 Å². The van der Waals surface area contributed by atoms with Crippen molar-refractivity contribution in [2.45, 2.75) is 42.2 Å². The van der Waals surface area contributed by atoms with Gasteiger partial charge in [0.25, 0.3) is 0 Å². The van der Waals surface area contributed by atoms with Crippen LogP contribution in [-0.4, -0.2) is 3.21 Å². The number of hydrogen-bond donors (Lipinski definition) is 0. The van der Waals surface area contributed by atoms with Crippen molar-refractivity contribution in [2.75, 3.05) is 0 Å². The summed E-state index contributed by atoms with van der Waals surface area (Å²) in [6.07, 6.45) is 6.16. The Bertz CT molecular complexity index is 1680. The fraction of sp³-hybridized carbons (Fsp3) is 0.189. The summed E-state index contributed by atoms with van der Waals surface area (Å²) >= 11 is -5.47. The summed E-state index contributed by atoms with van der Waals surface area (Å²) in [5, 5.41) is 0. The van der Waals surface area contributed by atoms with E-state index in [2.05, 4.69) is 149 Å². The molecule has 0 atom stereocenters. The van der Waals surface area contributed by atoms with Gasteiger partial charge in [-0.15, -0.1) is 0 Å². The summed E-state index contributed by atoms with van der Waals surface area (Å²) in [6, 6.07) is 38.9. The molecule has 2 aliphatic carbocycles. The van der Waals surface area contributed by atoms with Crippen LogP contribution in [0.4, 0.5) is 0 Å². The Hall–Kier alpha value is -2.53. The van der Waals surface area contributed by atoms with Gasteiger partial charge in [0.1, 0.15) is 0 Å². The zero-order chi connectivity index (χ0) is 28.2. The fourth-order valence-corrected chi connectivity index (χ4v) is 31.7. The Kier molecular flexibility index (Phi) is 6.76. The number of fused-ring (bicyclic) bond motifs is 3. The minimum atomic E-state index is -5.47. The molecule has 0 bridgehead atoms. The molecule has 0 aliphatic heterocycles. The normalized spacial score (nSPS) is 15.1. The standard InChI is InChI=1S/C19H22.C13H9.C5H3.2ClH.Zr/c1-18(2,16-11-7-5-8-12-16)15-19(3,4)17-13-9-6-10-14-17;1-3-7-12-10(5-1)9-11-6-2-4-8-13(11)12;1-2-4-5-3-1;;;/h5-14H,1-4H3;1-9H;1-3H;2*1H;/q;;;;;+2/p-2. The van der Waals surface area contributed by atoms with Gasteiger partial charge < -0.3 is 0 Å². The molecule has 40 heavy (non-hydrogen) atoms. The monoisotopic (exact) mass is 638 g/mol. The molecule has 3 heteroatoms. The van der Waals surface area contributed by atoms with Gasteiger partial charge in [-0.25, -0.2) is 0 Å². The van der Waals surface area contributed by atoms with Crippen LogP contribution in [0, 0.1) is 0 Å². The van der Waals surface area contributed by atoms with Crippen molar-refractivity contribution in [1.29, 1.82) is 0 Å². The maximum atomic E-state index is 8.66. The van der Waals surface area contributed by atoms with E-state index >= 15 is 0 Å². The molecule has 0 amide bonds. The number of allylic oxidation sites excluding steroid dienone is 3. The second kappa shape index (κ2) is 9.79. The van der Waals surface area contributed by atoms with E-state index in [4.69, 9.17) is 17.0 Å². The Labute approximate surface area is 246 Å². The molecule has 0 radical (unpaired) electrons. The Morgan fingerprint density at radius 3 is 1.48 bits per heavy atom. The molecule has 0 aromatic heterocycles. The Morgan fingerprint density at radius 2 is 1.05 bits per heavy atom. The maximum absolute atomic E-state index is 8.66. The van der Waals surface area contributed by atoms with E-state index in [0.29, 0.717) is 0 Å². The molecule has 4 aromatic rings. The van der Waals surface area contributed by atoms with Crippen molar-refractivity contribution in [1.82, 2.24) is 0 Å². The van der Waals surface area contributed by atoms with Crippen molar-refractivity contribution in [3.63, 3.8) is 0 Å². The molecule has 0 spiro atoms. The molecule has 0 fully saturated rings. The molecule has 0 saturated carbocycles. The quantitative estimate of drug-likeness (QED) is 0.184. The first-order chi connectivity index (χ1) is 19.1. The molecule has 200 valence electrons. The van der Waals surface area contributed by atoms with Crippen LogP contribution < -0.4 is 0 Å². The first kappa shape index (κ1) is 27.6. The summed E-state index contributed by atoms with van der Waals surface area (Å²) in [6.45, 7) is 9.26. The van der Waals surface area contributed by atoms with Gasteiger partial charge in [-0.2, -0.15) is 0 Å². The first-order valence-corrected chi connectivity index (χ1v) is 24.2. The Morgan fingerprint density at radius 1 is 0.625 bits per heavy atom. The van der Waals surface area contributed by atoms with E-state index in [1.165, 1.54) is 36.6 Å². The molecule has 0 N–H and O–H groups in total. The number of halogens is 2. The zero-order valence-electron chi connectivity index (χ0n) is 23.5. The summed E-state index contributed by atoms with van der Waals surface area (Å²) < 4.78 is 2.04. The summed E-state index contributed by atoms with van der Waals surface area (Å²) in [7, 11) is 17.3. The summed E-state index contributed by atoms with van der Waals surface area (Å²) in [4.78, 5) is 0. The van der Waals surface area contributed by atoms with Crippen LogP contribution in [0.5, 0.6) is 0 Å². The van der Waals surface area contributed by atoms with Gasteiger partial charge in [-0.3, -0.25) is 0 Å². The van der Waals surface area contributed by atoms with Gasteiger partial charge in [0, 0.05) is 0 Å². The first-order valence-electron chi connectivity index (χ1n) is 14.0. The van der Waals surface area contributed by atoms with Crippen molar-refractivity contribution in [3.8, 4) is 11.1 Å². The van der Waals surface area contributed by atoms with Gasteiger partial charge in [-0.1, -0.05) is 0 Å². The molecular formula is C37H34Cl2Zr. The van der Waals surface area contributed by atoms with Crippen LogP contribution in [-0.2, 0) is 26.7 Å². The molecule has 0 nitrogen and oxygen atoms in total. The topological polar surface area (TPSA) is 0 Å². The number of benzene rings is 4. The average molecular weight is 641 g/mol. The molecule has 0 unspecified atom stereocenters. The second-order valence-corrected chi connectivity index (χ2v) is 31.9. The van der Waals surface area contributed by atoms with Crippen LogP contribution in [0.25, 0.3) is 11.1 Å². The molecule has 2 aliphatic rings. The van der Waals surface area contributed by atoms with E-state index in [0.717, 1.165) is 3.28 Å². The molecule has 4 aromatic carbocycles. The molecular weight excluding hydrogens is 607 g/mol. The van der Waals surface area contributed by atoms with Gasteiger partial charge in [-0.05, 0) is 0 Å². The van der Waals surface area contributed by atoms with E-state index in [1.54, 1.807) is 0 Å². The van der Waals surface area contributed by atoms with E-state index in [1.807, 2.05) is 12.2 Å². The van der Waals surface area contributed by atoms with Gasteiger partial charge in [0.2, 0.25) is 0 Å². The van der Waals surface area contributed by atoms with Gasteiger partial charge >= 0.3 is 248 Å². The number of hydrogen-bond acceptors (Lipinski definition) is 0. The SMILES string of the molecule is CC(C)([C](C(C)(C)c1ccccc1)=[Zr]([Cl])([Cl])([C]1=C=CC=C1)[CH]1c2ccccc2-c2ccccc21)c1ccccc1.